The van der Waals surface area contributed by atoms with Crippen molar-refractivity contribution in [2.24, 2.45) is 0 Å². The summed E-state index contributed by atoms with van der Waals surface area (Å²) in [7, 11) is 0. The Bertz CT molecular complexity index is 1130. The van der Waals surface area contributed by atoms with E-state index in [1.54, 1.807) is 12.1 Å². The van der Waals surface area contributed by atoms with Crippen LogP contribution in [-0.4, -0.2) is 22.4 Å². The number of nitrogens with one attached hydrogen (secondary N) is 2. The minimum absolute atomic E-state index is 0.0353. The molecule has 2 N–H and O–H groups in total. The van der Waals surface area contributed by atoms with Crippen molar-refractivity contribution in [1.82, 2.24) is 9.97 Å². The second-order valence-corrected chi connectivity index (χ2v) is 6.74. The van der Waals surface area contributed by atoms with Crippen LogP contribution in [0.25, 0.3) is 11.3 Å². The van der Waals surface area contributed by atoms with Gasteiger partial charge in [-0.2, -0.15) is 10.2 Å². The summed E-state index contributed by atoms with van der Waals surface area (Å²) < 4.78 is 55.6. The molecule has 0 unspecified atom stereocenters. The fraction of sp³-hybridized carbons (Fsp3) is 0.190. The Balaban J connectivity index is 2.03. The van der Waals surface area contributed by atoms with E-state index in [9.17, 15) is 22.8 Å². The van der Waals surface area contributed by atoms with Crippen molar-refractivity contribution in [1.29, 1.82) is 5.26 Å². The van der Waals surface area contributed by atoms with Gasteiger partial charge in [-0.1, -0.05) is 18.2 Å². The average Bonchev–Trinajstić information content (AvgIpc) is 2.66. The largest absolute Gasteiger partial charge is 0.573 e. The molecular formula is C21H17F4N5O. The fourth-order valence-corrected chi connectivity index (χ4v) is 2.71. The van der Waals surface area contributed by atoms with Crippen molar-refractivity contribution in [3.63, 3.8) is 0 Å². The average molecular weight is 431 g/mol. The van der Waals surface area contributed by atoms with Crippen LogP contribution in [0.3, 0.4) is 0 Å². The Morgan fingerprint density at radius 1 is 1.06 bits per heavy atom. The third-order valence-corrected chi connectivity index (χ3v) is 3.90. The third-order valence-electron chi connectivity index (χ3n) is 3.90. The first-order valence-electron chi connectivity index (χ1n) is 9.12. The summed E-state index contributed by atoms with van der Waals surface area (Å²) >= 11 is 0. The molecule has 1 heterocycles. The van der Waals surface area contributed by atoms with Crippen LogP contribution in [0.1, 0.15) is 19.4 Å². The maximum Gasteiger partial charge on any atom is 0.573 e. The number of halogens is 4. The van der Waals surface area contributed by atoms with E-state index in [1.807, 2.05) is 13.8 Å². The van der Waals surface area contributed by atoms with E-state index in [0.717, 1.165) is 6.07 Å². The molecule has 0 radical (unpaired) electrons. The molecule has 1 aromatic heterocycles. The van der Waals surface area contributed by atoms with Gasteiger partial charge >= 0.3 is 6.36 Å². The molecule has 0 spiro atoms. The monoisotopic (exact) mass is 431 g/mol. The molecule has 2 aromatic carbocycles. The molecule has 0 atom stereocenters. The van der Waals surface area contributed by atoms with Crippen LogP contribution in [-0.2, 0) is 0 Å². The van der Waals surface area contributed by atoms with Crippen molar-refractivity contribution in [3.8, 4) is 23.1 Å². The number of ether oxygens (including phenoxy) is 1. The van der Waals surface area contributed by atoms with Crippen LogP contribution >= 0.6 is 0 Å². The second-order valence-electron chi connectivity index (χ2n) is 6.74. The number of hydrogen-bond acceptors (Lipinski definition) is 6. The number of nitriles is 1. The number of nitrogens with zero attached hydrogens (tertiary/aromatic N) is 3. The summed E-state index contributed by atoms with van der Waals surface area (Å²) in [4.78, 5) is 8.65. The molecule has 0 aliphatic carbocycles. The predicted molar refractivity (Wildman–Crippen MR) is 107 cm³/mol. The van der Waals surface area contributed by atoms with E-state index in [-0.39, 0.29) is 29.1 Å². The highest BCUT2D eigenvalue weighted by molar-refractivity contribution is 5.70. The zero-order valence-electron chi connectivity index (χ0n) is 16.5. The summed E-state index contributed by atoms with van der Waals surface area (Å²) in [5.41, 5.74) is 0.639. The van der Waals surface area contributed by atoms with Gasteiger partial charge in [0.25, 0.3) is 0 Å². The smallest absolute Gasteiger partial charge is 0.406 e. The molecule has 0 aliphatic rings. The zero-order valence-corrected chi connectivity index (χ0v) is 16.5. The van der Waals surface area contributed by atoms with Gasteiger partial charge in [0.1, 0.15) is 29.0 Å². The Morgan fingerprint density at radius 2 is 1.81 bits per heavy atom. The van der Waals surface area contributed by atoms with E-state index in [0.29, 0.717) is 11.3 Å². The van der Waals surface area contributed by atoms with Crippen LogP contribution in [0, 0.1) is 17.1 Å². The second kappa shape index (κ2) is 8.87. The van der Waals surface area contributed by atoms with E-state index in [4.69, 9.17) is 0 Å². The molecule has 0 amide bonds. The minimum atomic E-state index is -4.83. The first-order chi connectivity index (χ1) is 14.6. The van der Waals surface area contributed by atoms with Crippen molar-refractivity contribution in [3.05, 3.63) is 59.9 Å². The van der Waals surface area contributed by atoms with Crippen LogP contribution in [0.4, 0.5) is 35.0 Å². The molecule has 31 heavy (non-hydrogen) atoms. The van der Waals surface area contributed by atoms with Gasteiger partial charge in [-0.25, -0.2) is 9.37 Å². The normalized spacial score (nSPS) is 11.2. The molecule has 0 saturated carbocycles. The van der Waals surface area contributed by atoms with Gasteiger partial charge in [-0.05, 0) is 38.1 Å². The summed E-state index contributed by atoms with van der Waals surface area (Å²) in [5, 5.41) is 15.1. The molecular weight excluding hydrogens is 414 g/mol. The number of aromatic nitrogens is 2. The van der Waals surface area contributed by atoms with Crippen LogP contribution in [0.5, 0.6) is 5.75 Å². The molecule has 10 heteroatoms. The Morgan fingerprint density at radius 3 is 2.48 bits per heavy atom. The molecule has 0 fully saturated rings. The maximum atomic E-state index is 13.9. The lowest BCUT2D eigenvalue weighted by molar-refractivity contribution is -0.274. The van der Waals surface area contributed by atoms with E-state index in [2.05, 4.69) is 25.3 Å². The van der Waals surface area contributed by atoms with Gasteiger partial charge in [-0.15, -0.1) is 13.2 Å². The summed E-state index contributed by atoms with van der Waals surface area (Å²) in [6.45, 7) is 3.72. The maximum absolute atomic E-state index is 13.9. The third kappa shape index (κ3) is 5.82. The molecule has 6 nitrogen and oxygen atoms in total. The zero-order chi connectivity index (χ0) is 22.6. The molecule has 0 saturated heterocycles. The van der Waals surface area contributed by atoms with Crippen molar-refractivity contribution in [2.45, 2.75) is 26.3 Å². The molecule has 0 aliphatic heterocycles. The van der Waals surface area contributed by atoms with Crippen molar-refractivity contribution < 1.29 is 22.3 Å². The van der Waals surface area contributed by atoms with Gasteiger partial charge in [0, 0.05) is 17.7 Å². The first kappa shape index (κ1) is 21.8. The van der Waals surface area contributed by atoms with E-state index in [1.165, 1.54) is 36.4 Å². The number of anilines is 3. The number of hydrogen-bond donors (Lipinski definition) is 2. The lowest BCUT2D eigenvalue weighted by atomic mass is 10.1. The van der Waals surface area contributed by atoms with Crippen LogP contribution in [0.15, 0.2) is 48.5 Å². The van der Waals surface area contributed by atoms with Crippen LogP contribution in [0.2, 0.25) is 0 Å². The molecule has 160 valence electrons. The SMILES string of the molecule is CC(C)Nc1nc(Nc2cccc(F)c2C#N)cc(-c2cccc(OC(F)(F)F)c2)n1. The Hall–Kier alpha value is -3.87. The van der Waals surface area contributed by atoms with Crippen LogP contribution < -0.4 is 15.4 Å². The van der Waals surface area contributed by atoms with E-state index >= 15 is 0 Å². The van der Waals surface area contributed by atoms with Crippen molar-refractivity contribution >= 4 is 17.5 Å². The lowest BCUT2D eigenvalue weighted by Crippen LogP contribution is -2.17. The summed E-state index contributed by atoms with van der Waals surface area (Å²) in [6.07, 6.45) is -4.83. The molecule has 0 bridgehead atoms. The van der Waals surface area contributed by atoms with E-state index < -0.39 is 17.9 Å². The standard InChI is InChI=1S/C21H17F4N5O/c1-12(2)27-20-29-18(13-5-3-6-14(9-13)31-21(23,24)25)10-19(30-20)28-17-8-4-7-16(22)15(17)11-26/h3-10,12H,1-2H3,(H2,27,28,29,30). The van der Waals surface area contributed by atoms with Gasteiger partial charge in [0.05, 0.1) is 11.4 Å². The fourth-order valence-electron chi connectivity index (χ4n) is 2.71. The summed E-state index contributed by atoms with van der Waals surface area (Å²) in [6, 6.07) is 12.7. The Kier molecular flexibility index (Phi) is 6.25. The Labute approximate surface area is 175 Å². The van der Waals surface area contributed by atoms with Gasteiger partial charge < -0.3 is 15.4 Å². The first-order valence-corrected chi connectivity index (χ1v) is 9.12. The van der Waals surface area contributed by atoms with Gasteiger partial charge in [-0.3, -0.25) is 0 Å². The molecule has 3 rings (SSSR count). The number of benzene rings is 2. The topological polar surface area (TPSA) is 82.9 Å². The van der Waals surface area contributed by atoms with Gasteiger partial charge in [0.2, 0.25) is 5.95 Å². The molecule has 3 aromatic rings. The highest BCUT2D eigenvalue weighted by Gasteiger charge is 2.31. The predicted octanol–water partition coefficient (Wildman–Crippen LogP) is 5.62. The summed E-state index contributed by atoms with van der Waals surface area (Å²) in [5.74, 6) is -0.669. The lowest BCUT2D eigenvalue weighted by Gasteiger charge is -2.14. The quantitative estimate of drug-likeness (QED) is 0.493. The number of alkyl halides is 3. The highest BCUT2D eigenvalue weighted by atomic mass is 19.4. The number of rotatable bonds is 6. The van der Waals surface area contributed by atoms with Crippen molar-refractivity contribution in [2.75, 3.05) is 10.6 Å². The van der Waals surface area contributed by atoms with Gasteiger partial charge in [0.15, 0.2) is 0 Å². The minimum Gasteiger partial charge on any atom is -0.406 e. The highest BCUT2D eigenvalue weighted by Crippen LogP contribution is 2.30.